The number of H-pyrrole nitrogens is 1. The number of fused-ring (bicyclic) bond motifs is 3. The molecular weight excluding hydrogens is 246 g/mol. The minimum Gasteiger partial charge on any atom is -0.477 e. The van der Waals surface area contributed by atoms with Crippen LogP contribution in [0.1, 0.15) is 17.3 Å². The standard InChI is InChI=1S/C13H11N3O3/c1-2-19-12-9(13(17)18)11-10(15-16-12)7-5-3-4-6-8(7)14-11/h3-6,14H,2H2,1H3,(H,17,18). The molecule has 2 N–H and O–H groups in total. The normalized spacial score (nSPS) is 11.0. The van der Waals surface area contributed by atoms with Crippen LogP contribution in [0.25, 0.3) is 21.9 Å². The molecule has 1 aromatic carbocycles. The molecule has 2 aromatic heterocycles. The Kier molecular flexibility index (Phi) is 2.56. The number of nitrogens with one attached hydrogen (secondary N) is 1. The fourth-order valence-electron chi connectivity index (χ4n) is 2.10. The van der Waals surface area contributed by atoms with E-state index in [9.17, 15) is 9.90 Å². The monoisotopic (exact) mass is 257 g/mol. The molecule has 0 atom stereocenters. The molecule has 0 spiro atoms. The summed E-state index contributed by atoms with van der Waals surface area (Å²) in [5.41, 5.74) is 1.81. The van der Waals surface area contributed by atoms with Crippen LogP contribution in [0.3, 0.4) is 0 Å². The van der Waals surface area contributed by atoms with Crippen LogP contribution in [0, 0.1) is 0 Å². The second kappa shape index (κ2) is 4.24. The highest BCUT2D eigenvalue weighted by molar-refractivity contribution is 6.12. The Morgan fingerprint density at radius 3 is 2.89 bits per heavy atom. The van der Waals surface area contributed by atoms with E-state index in [1.165, 1.54) is 0 Å². The molecule has 0 unspecified atom stereocenters. The highest BCUT2D eigenvalue weighted by atomic mass is 16.5. The van der Waals surface area contributed by atoms with Crippen molar-refractivity contribution in [2.24, 2.45) is 0 Å². The van der Waals surface area contributed by atoms with Gasteiger partial charge in [-0.05, 0) is 13.0 Å². The van der Waals surface area contributed by atoms with E-state index in [0.717, 1.165) is 10.9 Å². The van der Waals surface area contributed by atoms with Gasteiger partial charge in [0.05, 0.1) is 12.1 Å². The quantitative estimate of drug-likeness (QED) is 0.751. The molecule has 0 aliphatic rings. The topological polar surface area (TPSA) is 88.1 Å². The first-order valence-corrected chi connectivity index (χ1v) is 5.85. The second-order valence-corrected chi connectivity index (χ2v) is 4.01. The van der Waals surface area contributed by atoms with Gasteiger partial charge in [-0.3, -0.25) is 0 Å². The van der Waals surface area contributed by atoms with Crippen molar-refractivity contribution in [1.82, 2.24) is 15.2 Å². The highest BCUT2D eigenvalue weighted by Gasteiger charge is 2.21. The molecule has 3 rings (SSSR count). The van der Waals surface area contributed by atoms with E-state index in [4.69, 9.17) is 4.74 Å². The molecule has 0 aliphatic heterocycles. The number of rotatable bonds is 3. The molecule has 0 aliphatic carbocycles. The lowest BCUT2D eigenvalue weighted by molar-refractivity contribution is 0.0693. The Morgan fingerprint density at radius 2 is 2.16 bits per heavy atom. The first kappa shape index (κ1) is 11.5. The van der Waals surface area contributed by atoms with Crippen molar-refractivity contribution in [2.45, 2.75) is 6.92 Å². The van der Waals surface area contributed by atoms with Gasteiger partial charge < -0.3 is 14.8 Å². The second-order valence-electron chi connectivity index (χ2n) is 4.01. The summed E-state index contributed by atoms with van der Waals surface area (Å²) in [6.07, 6.45) is 0. The maximum absolute atomic E-state index is 11.4. The summed E-state index contributed by atoms with van der Waals surface area (Å²) in [5.74, 6) is -1.05. The van der Waals surface area contributed by atoms with E-state index >= 15 is 0 Å². The molecular formula is C13H11N3O3. The number of benzene rings is 1. The predicted octanol–water partition coefficient (Wildman–Crippen LogP) is 2.21. The van der Waals surface area contributed by atoms with Crippen LogP contribution in [0.15, 0.2) is 24.3 Å². The third kappa shape index (κ3) is 1.69. The van der Waals surface area contributed by atoms with Gasteiger partial charge in [0.25, 0.3) is 0 Å². The van der Waals surface area contributed by atoms with Gasteiger partial charge in [0.2, 0.25) is 5.88 Å². The number of hydrogen-bond acceptors (Lipinski definition) is 4. The number of aromatic carboxylic acids is 1. The molecule has 0 bridgehead atoms. The molecule has 0 amide bonds. The number of aromatic nitrogens is 3. The molecule has 0 fully saturated rings. The van der Waals surface area contributed by atoms with Gasteiger partial charge in [0, 0.05) is 10.9 Å². The van der Waals surface area contributed by atoms with Gasteiger partial charge in [0.15, 0.2) is 0 Å². The zero-order chi connectivity index (χ0) is 13.4. The van der Waals surface area contributed by atoms with Crippen molar-refractivity contribution in [3.63, 3.8) is 0 Å². The maximum Gasteiger partial charge on any atom is 0.343 e. The lowest BCUT2D eigenvalue weighted by Crippen LogP contribution is -2.07. The fraction of sp³-hybridized carbons (Fsp3) is 0.154. The Morgan fingerprint density at radius 1 is 1.37 bits per heavy atom. The summed E-state index contributed by atoms with van der Waals surface area (Å²) in [6.45, 7) is 2.10. The van der Waals surface area contributed by atoms with Crippen molar-refractivity contribution in [3.8, 4) is 5.88 Å². The number of para-hydroxylation sites is 1. The summed E-state index contributed by atoms with van der Waals surface area (Å²) >= 11 is 0. The molecule has 0 saturated carbocycles. The average Bonchev–Trinajstić information content (AvgIpc) is 2.76. The lowest BCUT2D eigenvalue weighted by atomic mass is 10.2. The van der Waals surface area contributed by atoms with Gasteiger partial charge in [0.1, 0.15) is 11.1 Å². The summed E-state index contributed by atoms with van der Waals surface area (Å²) < 4.78 is 5.23. The van der Waals surface area contributed by atoms with Gasteiger partial charge in [-0.15, -0.1) is 10.2 Å². The van der Waals surface area contributed by atoms with Crippen LogP contribution < -0.4 is 4.74 Å². The fourth-order valence-corrected chi connectivity index (χ4v) is 2.10. The Balaban J connectivity index is 2.42. The van der Waals surface area contributed by atoms with Crippen LogP contribution in [-0.4, -0.2) is 32.9 Å². The van der Waals surface area contributed by atoms with Gasteiger partial charge >= 0.3 is 5.97 Å². The van der Waals surface area contributed by atoms with Gasteiger partial charge in [-0.2, -0.15) is 0 Å². The maximum atomic E-state index is 11.4. The van der Waals surface area contributed by atoms with Gasteiger partial charge in [-0.1, -0.05) is 18.2 Å². The zero-order valence-corrected chi connectivity index (χ0v) is 10.2. The van der Waals surface area contributed by atoms with E-state index in [1.807, 2.05) is 24.3 Å². The summed E-state index contributed by atoms with van der Waals surface area (Å²) in [7, 11) is 0. The van der Waals surface area contributed by atoms with Crippen LogP contribution in [0.5, 0.6) is 5.88 Å². The minimum atomic E-state index is -1.09. The van der Waals surface area contributed by atoms with Crippen LogP contribution >= 0.6 is 0 Å². The molecule has 3 aromatic rings. The van der Waals surface area contributed by atoms with E-state index in [-0.39, 0.29) is 11.4 Å². The highest BCUT2D eigenvalue weighted by Crippen LogP contribution is 2.29. The summed E-state index contributed by atoms with van der Waals surface area (Å²) in [5, 5.41) is 18.1. The number of nitrogens with zero attached hydrogens (tertiary/aromatic N) is 2. The minimum absolute atomic E-state index is 0.0167. The van der Waals surface area contributed by atoms with Crippen molar-refractivity contribution >= 4 is 27.9 Å². The molecule has 2 heterocycles. The van der Waals surface area contributed by atoms with Crippen molar-refractivity contribution < 1.29 is 14.6 Å². The number of hydrogen-bond donors (Lipinski definition) is 2. The Bertz CT molecular complexity index is 779. The molecule has 0 saturated heterocycles. The first-order valence-electron chi connectivity index (χ1n) is 5.85. The lowest BCUT2D eigenvalue weighted by Gasteiger charge is -2.05. The third-order valence-corrected chi connectivity index (χ3v) is 2.88. The van der Waals surface area contributed by atoms with Crippen LogP contribution in [0.2, 0.25) is 0 Å². The first-order chi connectivity index (χ1) is 9.22. The number of carbonyl (C=O) groups is 1. The van der Waals surface area contributed by atoms with E-state index < -0.39 is 5.97 Å². The summed E-state index contributed by atoms with van der Waals surface area (Å²) in [6, 6.07) is 7.47. The van der Waals surface area contributed by atoms with Crippen molar-refractivity contribution in [1.29, 1.82) is 0 Å². The molecule has 6 heteroatoms. The van der Waals surface area contributed by atoms with Crippen LogP contribution in [-0.2, 0) is 0 Å². The molecule has 19 heavy (non-hydrogen) atoms. The largest absolute Gasteiger partial charge is 0.477 e. The predicted molar refractivity (Wildman–Crippen MR) is 69.5 cm³/mol. The smallest absolute Gasteiger partial charge is 0.343 e. The van der Waals surface area contributed by atoms with E-state index in [2.05, 4.69) is 15.2 Å². The Hall–Kier alpha value is -2.63. The van der Waals surface area contributed by atoms with Gasteiger partial charge in [-0.25, -0.2) is 4.79 Å². The number of carboxylic acid groups (broad SMARTS) is 1. The number of carboxylic acids is 1. The van der Waals surface area contributed by atoms with E-state index in [1.54, 1.807) is 6.92 Å². The zero-order valence-electron chi connectivity index (χ0n) is 10.2. The summed E-state index contributed by atoms with van der Waals surface area (Å²) in [4.78, 5) is 14.5. The molecule has 96 valence electrons. The van der Waals surface area contributed by atoms with Crippen molar-refractivity contribution in [2.75, 3.05) is 6.61 Å². The SMILES string of the molecule is CCOc1nnc2c([nH]c3ccccc32)c1C(=O)O. The molecule has 6 nitrogen and oxygen atoms in total. The average molecular weight is 257 g/mol. The number of ether oxygens (including phenoxy) is 1. The third-order valence-electron chi connectivity index (χ3n) is 2.88. The van der Waals surface area contributed by atoms with E-state index in [0.29, 0.717) is 17.6 Å². The Labute approximate surface area is 108 Å². The van der Waals surface area contributed by atoms with Crippen molar-refractivity contribution in [3.05, 3.63) is 29.8 Å². The number of aromatic amines is 1. The molecule has 0 radical (unpaired) electrons. The van der Waals surface area contributed by atoms with Crippen LogP contribution in [0.4, 0.5) is 0 Å².